The van der Waals surface area contributed by atoms with E-state index in [0.717, 1.165) is 19.5 Å². The van der Waals surface area contributed by atoms with Crippen LogP contribution in [0.5, 0.6) is 0 Å². The Bertz CT molecular complexity index is 638. The highest BCUT2D eigenvalue weighted by Crippen LogP contribution is 2.14. The Balaban J connectivity index is 1.95. The SMILES string of the molecule is CCNS(=O)(=O)c1ccc(C(=O)NCC(CC)N2CCCC2)cc1. The van der Waals surface area contributed by atoms with E-state index in [4.69, 9.17) is 0 Å². The molecule has 24 heavy (non-hydrogen) atoms. The van der Waals surface area contributed by atoms with Crippen LogP contribution in [-0.2, 0) is 10.0 Å². The number of nitrogens with one attached hydrogen (secondary N) is 2. The molecule has 1 amide bonds. The number of nitrogens with zero attached hydrogens (tertiary/aromatic N) is 1. The topological polar surface area (TPSA) is 78.5 Å². The first-order chi connectivity index (χ1) is 11.5. The van der Waals surface area contributed by atoms with Gasteiger partial charge in [-0.25, -0.2) is 13.1 Å². The fourth-order valence-corrected chi connectivity index (χ4v) is 4.05. The van der Waals surface area contributed by atoms with Crippen molar-refractivity contribution in [2.45, 2.75) is 44.0 Å². The lowest BCUT2D eigenvalue weighted by Crippen LogP contribution is -2.42. The van der Waals surface area contributed by atoms with Crippen molar-refractivity contribution >= 4 is 15.9 Å². The zero-order chi connectivity index (χ0) is 17.6. The molecule has 6 nitrogen and oxygen atoms in total. The lowest BCUT2D eigenvalue weighted by Gasteiger charge is -2.26. The second-order valence-electron chi connectivity index (χ2n) is 6.04. The smallest absolute Gasteiger partial charge is 0.251 e. The number of hydrogen-bond donors (Lipinski definition) is 2. The van der Waals surface area contributed by atoms with Crippen molar-refractivity contribution in [3.63, 3.8) is 0 Å². The van der Waals surface area contributed by atoms with Gasteiger partial charge in [0.15, 0.2) is 0 Å². The van der Waals surface area contributed by atoms with Gasteiger partial charge in [-0.1, -0.05) is 13.8 Å². The molecule has 2 rings (SSSR count). The number of hydrogen-bond acceptors (Lipinski definition) is 4. The molecule has 1 unspecified atom stereocenters. The van der Waals surface area contributed by atoms with E-state index in [1.165, 1.54) is 25.0 Å². The van der Waals surface area contributed by atoms with E-state index in [1.807, 2.05) is 0 Å². The Morgan fingerprint density at radius 3 is 2.33 bits per heavy atom. The maximum Gasteiger partial charge on any atom is 0.251 e. The first kappa shape index (κ1) is 18.9. The molecular weight excluding hydrogens is 326 g/mol. The summed E-state index contributed by atoms with van der Waals surface area (Å²) in [7, 11) is -3.48. The molecule has 0 radical (unpaired) electrons. The third-order valence-corrected chi connectivity index (χ3v) is 5.95. The molecule has 1 heterocycles. The summed E-state index contributed by atoms with van der Waals surface area (Å²) < 4.78 is 26.2. The number of carbonyl (C=O) groups is 1. The van der Waals surface area contributed by atoms with E-state index >= 15 is 0 Å². The van der Waals surface area contributed by atoms with Gasteiger partial charge in [0.25, 0.3) is 5.91 Å². The van der Waals surface area contributed by atoms with Gasteiger partial charge in [0.2, 0.25) is 10.0 Å². The second kappa shape index (κ2) is 8.60. The zero-order valence-electron chi connectivity index (χ0n) is 14.4. The molecule has 1 fully saturated rings. The van der Waals surface area contributed by atoms with Crippen LogP contribution in [-0.4, -0.2) is 51.4 Å². The van der Waals surface area contributed by atoms with Gasteiger partial charge >= 0.3 is 0 Å². The first-order valence-corrected chi connectivity index (χ1v) is 10.1. The minimum Gasteiger partial charge on any atom is -0.350 e. The van der Waals surface area contributed by atoms with Crippen molar-refractivity contribution in [1.29, 1.82) is 0 Å². The fourth-order valence-electron chi connectivity index (χ4n) is 3.01. The molecule has 0 aliphatic carbocycles. The largest absolute Gasteiger partial charge is 0.350 e. The van der Waals surface area contributed by atoms with Gasteiger partial charge in [0.05, 0.1) is 4.90 Å². The number of carbonyl (C=O) groups excluding carboxylic acids is 1. The maximum atomic E-state index is 12.3. The van der Waals surface area contributed by atoms with Crippen LogP contribution in [0.1, 0.15) is 43.5 Å². The van der Waals surface area contributed by atoms with Gasteiger partial charge in [-0.05, 0) is 56.6 Å². The lowest BCUT2D eigenvalue weighted by molar-refractivity contribution is 0.0937. The summed E-state index contributed by atoms with van der Waals surface area (Å²) in [5.74, 6) is -0.167. The highest BCUT2D eigenvalue weighted by Gasteiger charge is 2.21. The van der Waals surface area contributed by atoms with Gasteiger partial charge < -0.3 is 5.32 Å². The molecule has 0 bridgehead atoms. The zero-order valence-corrected chi connectivity index (χ0v) is 15.2. The van der Waals surface area contributed by atoms with Crippen LogP contribution in [0.2, 0.25) is 0 Å². The summed E-state index contributed by atoms with van der Waals surface area (Å²) in [4.78, 5) is 14.9. The molecule has 0 spiro atoms. The second-order valence-corrected chi connectivity index (χ2v) is 7.81. The first-order valence-electron chi connectivity index (χ1n) is 8.60. The summed E-state index contributed by atoms with van der Waals surface area (Å²) in [5, 5.41) is 2.96. The number of amides is 1. The monoisotopic (exact) mass is 353 g/mol. The normalized spacial score (nSPS) is 16.9. The average molecular weight is 353 g/mol. The van der Waals surface area contributed by atoms with Crippen molar-refractivity contribution in [3.05, 3.63) is 29.8 Å². The predicted molar refractivity (Wildman–Crippen MR) is 94.5 cm³/mol. The number of rotatable bonds is 8. The average Bonchev–Trinajstić information content (AvgIpc) is 3.10. The van der Waals surface area contributed by atoms with Gasteiger partial charge in [0, 0.05) is 24.7 Å². The van der Waals surface area contributed by atoms with Crippen LogP contribution in [0.4, 0.5) is 0 Å². The molecular formula is C17H27N3O3S. The molecule has 134 valence electrons. The van der Waals surface area contributed by atoms with E-state index in [9.17, 15) is 13.2 Å². The van der Waals surface area contributed by atoms with Crippen molar-refractivity contribution in [2.75, 3.05) is 26.2 Å². The van der Waals surface area contributed by atoms with Crippen molar-refractivity contribution < 1.29 is 13.2 Å². The summed E-state index contributed by atoms with van der Waals surface area (Å²) in [6, 6.07) is 6.40. The van der Waals surface area contributed by atoms with E-state index < -0.39 is 10.0 Å². The third kappa shape index (κ3) is 4.78. The molecule has 1 aromatic carbocycles. The van der Waals surface area contributed by atoms with E-state index in [-0.39, 0.29) is 10.8 Å². The molecule has 2 N–H and O–H groups in total. The molecule has 1 atom stereocenters. The van der Waals surface area contributed by atoms with Gasteiger partial charge in [-0.3, -0.25) is 9.69 Å². The quantitative estimate of drug-likeness (QED) is 0.744. The summed E-state index contributed by atoms with van der Waals surface area (Å²) in [6.07, 6.45) is 3.46. The van der Waals surface area contributed by atoms with Crippen molar-refractivity contribution in [1.82, 2.24) is 14.9 Å². The van der Waals surface area contributed by atoms with Gasteiger partial charge in [-0.2, -0.15) is 0 Å². The van der Waals surface area contributed by atoms with E-state index in [0.29, 0.717) is 24.7 Å². The van der Waals surface area contributed by atoms with Crippen molar-refractivity contribution in [2.24, 2.45) is 0 Å². The minimum absolute atomic E-state index is 0.167. The van der Waals surface area contributed by atoms with Gasteiger partial charge in [0.1, 0.15) is 0 Å². The highest BCUT2D eigenvalue weighted by molar-refractivity contribution is 7.89. The fraction of sp³-hybridized carbons (Fsp3) is 0.588. The Kier molecular flexibility index (Phi) is 6.77. The highest BCUT2D eigenvalue weighted by atomic mass is 32.2. The van der Waals surface area contributed by atoms with Crippen LogP contribution in [0.3, 0.4) is 0 Å². The molecule has 0 saturated carbocycles. The summed E-state index contributed by atoms with van der Waals surface area (Å²) >= 11 is 0. The van der Waals surface area contributed by atoms with Crippen LogP contribution in [0, 0.1) is 0 Å². The Morgan fingerprint density at radius 2 is 1.79 bits per heavy atom. The van der Waals surface area contributed by atoms with Gasteiger partial charge in [-0.15, -0.1) is 0 Å². The van der Waals surface area contributed by atoms with Crippen LogP contribution in [0.25, 0.3) is 0 Å². The maximum absolute atomic E-state index is 12.3. The summed E-state index contributed by atoms with van der Waals surface area (Å²) in [5.41, 5.74) is 0.474. The van der Waals surface area contributed by atoms with E-state index in [1.54, 1.807) is 19.1 Å². The molecule has 7 heteroatoms. The molecule has 1 aliphatic rings. The standard InChI is InChI=1S/C17H27N3O3S/c1-3-15(20-11-5-6-12-20)13-18-17(21)14-7-9-16(10-8-14)24(22,23)19-4-2/h7-10,15,19H,3-6,11-13H2,1-2H3,(H,18,21). The molecule has 0 aromatic heterocycles. The van der Waals surface area contributed by atoms with Crippen LogP contribution >= 0.6 is 0 Å². The predicted octanol–water partition coefficient (Wildman–Crippen LogP) is 1.59. The lowest BCUT2D eigenvalue weighted by atomic mass is 10.1. The number of likely N-dealkylation sites (tertiary alicyclic amines) is 1. The van der Waals surface area contributed by atoms with E-state index in [2.05, 4.69) is 21.9 Å². The third-order valence-electron chi connectivity index (χ3n) is 4.39. The molecule has 1 aromatic rings. The van der Waals surface area contributed by atoms with Crippen LogP contribution in [0.15, 0.2) is 29.2 Å². The molecule has 1 aliphatic heterocycles. The number of sulfonamides is 1. The molecule has 1 saturated heterocycles. The minimum atomic E-state index is -3.48. The Hall–Kier alpha value is -1.44. The Labute approximate surface area is 144 Å². The summed E-state index contributed by atoms with van der Waals surface area (Å²) in [6.45, 7) is 7.02. The van der Waals surface area contributed by atoms with Crippen molar-refractivity contribution in [3.8, 4) is 0 Å². The Morgan fingerprint density at radius 1 is 1.17 bits per heavy atom. The number of benzene rings is 1. The van der Waals surface area contributed by atoms with Crippen LogP contribution < -0.4 is 10.0 Å².